The molecule has 1 N–H and O–H groups in total. The van der Waals surface area contributed by atoms with Crippen LogP contribution in [-0.4, -0.2) is 43.6 Å². The molecular weight excluding hydrogens is 148 g/mol. The molecule has 1 heterocycles. The van der Waals surface area contributed by atoms with E-state index >= 15 is 0 Å². The first-order valence-electron chi connectivity index (χ1n) is 3.34. The van der Waals surface area contributed by atoms with E-state index < -0.39 is 6.09 Å². The Bertz CT molecular complexity index is 173. The number of piperazine rings is 1. The Morgan fingerprint density at radius 2 is 2.45 bits per heavy atom. The summed E-state index contributed by atoms with van der Waals surface area (Å²) in [5, 5.41) is 2.84. The number of imide groups is 1. The molecule has 0 spiro atoms. The smallest absolute Gasteiger partial charge is 0.416 e. The summed E-state index contributed by atoms with van der Waals surface area (Å²) in [7, 11) is 1.26. The Balaban J connectivity index is 2.54. The monoisotopic (exact) mass is 158 g/mol. The van der Waals surface area contributed by atoms with Crippen molar-refractivity contribution in [1.29, 1.82) is 0 Å². The predicted octanol–water partition coefficient (Wildman–Crippen LogP) is -0.815. The van der Waals surface area contributed by atoms with E-state index in [1.165, 1.54) is 7.11 Å². The van der Waals surface area contributed by atoms with Gasteiger partial charge in [0.1, 0.15) is 0 Å². The number of hydrogen-bond acceptors (Lipinski definition) is 4. The maximum absolute atomic E-state index is 11.0. The number of rotatable bonds is 0. The van der Waals surface area contributed by atoms with Crippen LogP contribution in [0.4, 0.5) is 4.79 Å². The van der Waals surface area contributed by atoms with Crippen LogP contribution in [0.3, 0.4) is 0 Å². The van der Waals surface area contributed by atoms with E-state index in [9.17, 15) is 9.59 Å². The van der Waals surface area contributed by atoms with Crippen molar-refractivity contribution in [2.24, 2.45) is 0 Å². The Hall–Kier alpha value is -1.10. The van der Waals surface area contributed by atoms with Crippen molar-refractivity contribution >= 4 is 12.0 Å². The summed E-state index contributed by atoms with van der Waals surface area (Å²) in [5.74, 6) is -0.233. The van der Waals surface area contributed by atoms with Gasteiger partial charge in [-0.05, 0) is 0 Å². The molecule has 1 rings (SSSR count). The predicted molar refractivity (Wildman–Crippen MR) is 37.0 cm³/mol. The van der Waals surface area contributed by atoms with Crippen LogP contribution in [0, 0.1) is 0 Å². The highest BCUT2D eigenvalue weighted by molar-refractivity contribution is 5.93. The Labute approximate surface area is 64.3 Å². The molecule has 1 aliphatic heterocycles. The van der Waals surface area contributed by atoms with Crippen LogP contribution in [0.5, 0.6) is 0 Å². The van der Waals surface area contributed by atoms with Gasteiger partial charge in [-0.25, -0.2) is 9.69 Å². The highest BCUT2D eigenvalue weighted by atomic mass is 16.5. The quantitative estimate of drug-likeness (QED) is 0.500. The normalized spacial score (nSPS) is 18.3. The third kappa shape index (κ3) is 1.68. The first-order valence-corrected chi connectivity index (χ1v) is 3.34. The third-order valence-corrected chi connectivity index (χ3v) is 1.48. The number of ether oxygens (including phenoxy) is 1. The molecule has 0 aromatic rings. The minimum absolute atomic E-state index is 0.217. The topological polar surface area (TPSA) is 58.6 Å². The number of nitrogens with zero attached hydrogens (tertiary/aromatic N) is 1. The van der Waals surface area contributed by atoms with Crippen LogP contribution in [0.2, 0.25) is 0 Å². The standard InChI is InChI=1S/C6H10N2O3/c1-11-6(10)8-3-2-7-4-5(8)9/h7H,2-4H2,1H3. The van der Waals surface area contributed by atoms with Gasteiger partial charge in [0.05, 0.1) is 13.7 Å². The number of nitrogens with one attached hydrogen (secondary N) is 1. The van der Waals surface area contributed by atoms with Gasteiger partial charge in [0, 0.05) is 13.1 Å². The van der Waals surface area contributed by atoms with Crippen LogP contribution in [0.1, 0.15) is 0 Å². The van der Waals surface area contributed by atoms with Crippen molar-refractivity contribution in [3.8, 4) is 0 Å². The summed E-state index contributed by atoms with van der Waals surface area (Å²) in [6.07, 6.45) is -0.573. The van der Waals surface area contributed by atoms with E-state index in [1.54, 1.807) is 0 Å². The van der Waals surface area contributed by atoms with Crippen molar-refractivity contribution in [2.45, 2.75) is 0 Å². The van der Waals surface area contributed by atoms with Gasteiger partial charge in [-0.15, -0.1) is 0 Å². The Morgan fingerprint density at radius 1 is 1.73 bits per heavy atom. The van der Waals surface area contributed by atoms with Crippen molar-refractivity contribution in [1.82, 2.24) is 10.2 Å². The van der Waals surface area contributed by atoms with E-state index in [0.717, 1.165) is 4.90 Å². The molecule has 0 aromatic heterocycles. The zero-order valence-corrected chi connectivity index (χ0v) is 6.29. The molecular formula is C6H10N2O3. The minimum atomic E-state index is -0.573. The fourth-order valence-electron chi connectivity index (χ4n) is 0.910. The van der Waals surface area contributed by atoms with Gasteiger partial charge < -0.3 is 10.1 Å². The highest BCUT2D eigenvalue weighted by Crippen LogP contribution is 1.96. The molecule has 1 saturated heterocycles. The van der Waals surface area contributed by atoms with Crippen LogP contribution >= 0.6 is 0 Å². The van der Waals surface area contributed by atoms with Gasteiger partial charge in [0.2, 0.25) is 5.91 Å². The third-order valence-electron chi connectivity index (χ3n) is 1.48. The molecule has 62 valence electrons. The van der Waals surface area contributed by atoms with Crippen LogP contribution < -0.4 is 5.32 Å². The van der Waals surface area contributed by atoms with E-state index in [2.05, 4.69) is 10.1 Å². The molecule has 0 radical (unpaired) electrons. The lowest BCUT2D eigenvalue weighted by atomic mass is 10.4. The first-order chi connectivity index (χ1) is 5.25. The second-order valence-corrected chi connectivity index (χ2v) is 2.19. The number of carbonyl (C=O) groups is 2. The SMILES string of the molecule is COC(=O)N1CCNCC1=O. The zero-order valence-electron chi connectivity index (χ0n) is 6.29. The molecule has 0 saturated carbocycles. The van der Waals surface area contributed by atoms with E-state index in [0.29, 0.717) is 13.1 Å². The number of amides is 2. The second-order valence-electron chi connectivity index (χ2n) is 2.19. The number of methoxy groups -OCH3 is 1. The summed E-state index contributed by atoms with van der Waals surface area (Å²) in [6.45, 7) is 1.25. The van der Waals surface area contributed by atoms with Crippen LogP contribution in [0.15, 0.2) is 0 Å². The van der Waals surface area contributed by atoms with E-state index in [-0.39, 0.29) is 12.5 Å². The summed E-state index contributed by atoms with van der Waals surface area (Å²) in [4.78, 5) is 22.9. The summed E-state index contributed by atoms with van der Waals surface area (Å²) in [5.41, 5.74) is 0. The summed E-state index contributed by atoms with van der Waals surface area (Å²) < 4.78 is 4.40. The van der Waals surface area contributed by atoms with Gasteiger partial charge in [-0.3, -0.25) is 4.79 Å². The molecule has 0 aromatic carbocycles. The highest BCUT2D eigenvalue weighted by Gasteiger charge is 2.24. The van der Waals surface area contributed by atoms with Crippen molar-refractivity contribution in [3.05, 3.63) is 0 Å². The van der Waals surface area contributed by atoms with Crippen molar-refractivity contribution < 1.29 is 14.3 Å². The second kappa shape index (κ2) is 3.34. The molecule has 2 amide bonds. The van der Waals surface area contributed by atoms with E-state index in [1.807, 2.05) is 0 Å². The molecule has 0 unspecified atom stereocenters. The van der Waals surface area contributed by atoms with Gasteiger partial charge in [-0.2, -0.15) is 0 Å². The largest absolute Gasteiger partial charge is 0.452 e. The number of carbonyl (C=O) groups excluding carboxylic acids is 2. The zero-order chi connectivity index (χ0) is 8.27. The summed E-state index contributed by atoms with van der Waals surface area (Å²) in [6, 6.07) is 0. The first kappa shape index (κ1) is 8.00. The number of hydrogen-bond donors (Lipinski definition) is 1. The molecule has 0 bridgehead atoms. The van der Waals surface area contributed by atoms with Gasteiger partial charge in [0.15, 0.2) is 0 Å². The van der Waals surface area contributed by atoms with Gasteiger partial charge in [0.25, 0.3) is 0 Å². The fourth-order valence-corrected chi connectivity index (χ4v) is 0.910. The maximum atomic E-state index is 11.0. The van der Waals surface area contributed by atoms with Crippen molar-refractivity contribution in [2.75, 3.05) is 26.7 Å². The van der Waals surface area contributed by atoms with Crippen LogP contribution in [0.25, 0.3) is 0 Å². The molecule has 0 aliphatic carbocycles. The van der Waals surface area contributed by atoms with Crippen LogP contribution in [-0.2, 0) is 9.53 Å². The lowest BCUT2D eigenvalue weighted by Crippen LogP contribution is -2.50. The van der Waals surface area contributed by atoms with E-state index in [4.69, 9.17) is 0 Å². The minimum Gasteiger partial charge on any atom is -0.452 e. The molecule has 11 heavy (non-hydrogen) atoms. The van der Waals surface area contributed by atoms with Gasteiger partial charge >= 0.3 is 6.09 Å². The molecule has 5 heteroatoms. The lowest BCUT2D eigenvalue weighted by molar-refractivity contribution is -0.129. The van der Waals surface area contributed by atoms with Gasteiger partial charge in [-0.1, -0.05) is 0 Å². The average Bonchev–Trinajstić information content (AvgIpc) is 2.04. The maximum Gasteiger partial charge on any atom is 0.416 e. The Morgan fingerprint density at radius 3 is 3.00 bits per heavy atom. The molecule has 0 atom stereocenters. The Kier molecular flexibility index (Phi) is 2.43. The summed E-state index contributed by atoms with van der Waals surface area (Å²) >= 11 is 0. The average molecular weight is 158 g/mol. The molecule has 1 fully saturated rings. The molecule has 5 nitrogen and oxygen atoms in total. The molecule has 1 aliphatic rings. The fraction of sp³-hybridized carbons (Fsp3) is 0.667. The van der Waals surface area contributed by atoms with Crippen molar-refractivity contribution in [3.63, 3.8) is 0 Å². The lowest BCUT2D eigenvalue weighted by Gasteiger charge is -2.23.